The molecule has 6 heteroatoms. The molecule has 0 bridgehead atoms. The van der Waals surface area contributed by atoms with Gasteiger partial charge in [-0.1, -0.05) is 34.1 Å². The third-order valence-corrected chi connectivity index (χ3v) is 4.72. The van der Waals surface area contributed by atoms with Gasteiger partial charge in [0.2, 0.25) is 0 Å². The topological polar surface area (TPSA) is 71.2 Å². The standard InChI is InChI=1S/C20H19BrN2O3/c1-3-26-18(24)10-13-6-4-5-7-16(13)23-20(25)14-8-15(21)19-12(2)11-22-17(19)9-14/h4-9,11,22H,3,10H2,1-2H3,(H,23,25). The van der Waals surface area contributed by atoms with Gasteiger partial charge in [-0.3, -0.25) is 9.59 Å². The van der Waals surface area contributed by atoms with E-state index in [0.717, 1.165) is 26.5 Å². The number of rotatable bonds is 5. The van der Waals surface area contributed by atoms with Crippen molar-refractivity contribution in [2.45, 2.75) is 20.3 Å². The van der Waals surface area contributed by atoms with Crippen LogP contribution in [0.25, 0.3) is 10.9 Å². The number of aromatic amines is 1. The fourth-order valence-corrected chi connectivity index (χ4v) is 3.64. The van der Waals surface area contributed by atoms with E-state index in [1.165, 1.54) is 0 Å². The summed E-state index contributed by atoms with van der Waals surface area (Å²) < 4.78 is 5.85. The number of fused-ring (bicyclic) bond motifs is 1. The van der Waals surface area contributed by atoms with Crippen LogP contribution < -0.4 is 5.32 Å². The number of aryl methyl sites for hydroxylation is 1. The van der Waals surface area contributed by atoms with E-state index in [0.29, 0.717) is 17.9 Å². The second kappa shape index (κ2) is 7.74. The normalized spacial score (nSPS) is 10.7. The summed E-state index contributed by atoms with van der Waals surface area (Å²) in [5.74, 6) is -0.559. The smallest absolute Gasteiger partial charge is 0.310 e. The van der Waals surface area contributed by atoms with Crippen molar-refractivity contribution in [1.29, 1.82) is 0 Å². The van der Waals surface area contributed by atoms with Gasteiger partial charge in [0.1, 0.15) is 0 Å². The minimum atomic E-state index is -0.319. The van der Waals surface area contributed by atoms with Gasteiger partial charge < -0.3 is 15.0 Å². The maximum absolute atomic E-state index is 12.7. The van der Waals surface area contributed by atoms with E-state index < -0.39 is 0 Å². The third kappa shape index (κ3) is 3.80. The summed E-state index contributed by atoms with van der Waals surface area (Å²) in [6.07, 6.45) is 2.02. The molecule has 2 N–H and O–H groups in total. The second-order valence-electron chi connectivity index (χ2n) is 5.95. The Labute approximate surface area is 159 Å². The summed E-state index contributed by atoms with van der Waals surface area (Å²) in [6.45, 7) is 4.10. The van der Waals surface area contributed by atoms with Gasteiger partial charge in [-0.2, -0.15) is 0 Å². The molecule has 2 aromatic carbocycles. The van der Waals surface area contributed by atoms with Gasteiger partial charge in [-0.05, 0) is 43.2 Å². The summed E-state index contributed by atoms with van der Waals surface area (Å²) in [7, 11) is 0. The average Bonchev–Trinajstić information content (AvgIpc) is 2.98. The van der Waals surface area contributed by atoms with Crippen molar-refractivity contribution in [2.24, 2.45) is 0 Å². The van der Waals surface area contributed by atoms with E-state index in [-0.39, 0.29) is 18.3 Å². The Bertz CT molecular complexity index is 978. The molecule has 0 saturated carbocycles. The number of benzene rings is 2. The Hall–Kier alpha value is -2.60. The number of ether oxygens (including phenoxy) is 1. The Morgan fingerprint density at radius 3 is 2.77 bits per heavy atom. The maximum Gasteiger partial charge on any atom is 0.310 e. The first-order valence-corrected chi connectivity index (χ1v) is 9.11. The summed E-state index contributed by atoms with van der Waals surface area (Å²) in [4.78, 5) is 27.7. The molecule has 1 amide bonds. The van der Waals surface area contributed by atoms with Gasteiger partial charge in [0, 0.05) is 32.8 Å². The van der Waals surface area contributed by atoms with E-state index in [1.807, 2.05) is 31.3 Å². The zero-order valence-electron chi connectivity index (χ0n) is 14.6. The molecule has 5 nitrogen and oxygen atoms in total. The lowest BCUT2D eigenvalue weighted by molar-refractivity contribution is -0.142. The number of nitrogens with one attached hydrogen (secondary N) is 2. The van der Waals surface area contributed by atoms with Gasteiger partial charge >= 0.3 is 5.97 Å². The molecule has 0 saturated heterocycles. The molecule has 0 aliphatic carbocycles. The summed E-state index contributed by atoms with van der Waals surface area (Å²) >= 11 is 3.53. The SMILES string of the molecule is CCOC(=O)Cc1ccccc1NC(=O)c1cc(Br)c2c(C)c[nH]c2c1. The lowest BCUT2D eigenvalue weighted by atomic mass is 10.1. The molecule has 0 unspecified atom stereocenters. The number of hydrogen-bond donors (Lipinski definition) is 2. The van der Waals surface area contributed by atoms with Crippen LogP contribution in [0.1, 0.15) is 28.4 Å². The fraction of sp³-hybridized carbons (Fsp3) is 0.200. The van der Waals surface area contributed by atoms with Crippen LogP contribution in [0, 0.1) is 6.92 Å². The lowest BCUT2D eigenvalue weighted by Gasteiger charge is -2.11. The predicted molar refractivity (Wildman–Crippen MR) is 105 cm³/mol. The number of amides is 1. The van der Waals surface area contributed by atoms with Gasteiger partial charge in [0.05, 0.1) is 13.0 Å². The molecule has 3 rings (SSSR count). The van der Waals surface area contributed by atoms with Gasteiger partial charge in [-0.25, -0.2) is 0 Å². The van der Waals surface area contributed by atoms with E-state index in [1.54, 1.807) is 25.1 Å². The molecule has 26 heavy (non-hydrogen) atoms. The first-order chi connectivity index (χ1) is 12.5. The molecule has 1 heterocycles. The molecule has 0 spiro atoms. The van der Waals surface area contributed by atoms with E-state index in [9.17, 15) is 9.59 Å². The van der Waals surface area contributed by atoms with Crippen molar-refractivity contribution in [2.75, 3.05) is 11.9 Å². The number of halogens is 1. The van der Waals surface area contributed by atoms with Gasteiger partial charge in [0.15, 0.2) is 0 Å². The van der Waals surface area contributed by atoms with Crippen LogP contribution >= 0.6 is 15.9 Å². The minimum Gasteiger partial charge on any atom is -0.466 e. The Morgan fingerprint density at radius 1 is 1.23 bits per heavy atom. The number of para-hydroxylation sites is 1. The Balaban J connectivity index is 1.85. The zero-order valence-corrected chi connectivity index (χ0v) is 16.1. The molecule has 0 radical (unpaired) electrons. The molecular weight excluding hydrogens is 396 g/mol. The molecule has 1 aromatic heterocycles. The molecule has 134 valence electrons. The molecule has 0 atom stereocenters. The number of anilines is 1. The van der Waals surface area contributed by atoms with Gasteiger partial charge in [-0.15, -0.1) is 0 Å². The zero-order chi connectivity index (χ0) is 18.7. The summed E-state index contributed by atoms with van der Waals surface area (Å²) in [6, 6.07) is 10.8. The van der Waals surface area contributed by atoms with Crippen molar-refractivity contribution < 1.29 is 14.3 Å². The maximum atomic E-state index is 12.7. The quantitative estimate of drug-likeness (QED) is 0.599. The fourth-order valence-electron chi connectivity index (χ4n) is 2.87. The highest BCUT2D eigenvalue weighted by Crippen LogP contribution is 2.29. The van der Waals surface area contributed by atoms with Crippen molar-refractivity contribution in [1.82, 2.24) is 4.98 Å². The number of hydrogen-bond acceptors (Lipinski definition) is 3. The van der Waals surface area contributed by atoms with Crippen LogP contribution in [0.4, 0.5) is 5.69 Å². The Kier molecular flexibility index (Phi) is 5.42. The molecule has 0 fully saturated rings. The van der Waals surface area contributed by atoms with Crippen molar-refractivity contribution in [3.05, 3.63) is 63.8 Å². The van der Waals surface area contributed by atoms with Crippen LogP contribution in [-0.4, -0.2) is 23.5 Å². The van der Waals surface area contributed by atoms with E-state index >= 15 is 0 Å². The third-order valence-electron chi connectivity index (χ3n) is 4.10. The Morgan fingerprint density at radius 2 is 2.00 bits per heavy atom. The minimum absolute atomic E-state index is 0.114. The number of carbonyl (C=O) groups is 2. The summed E-state index contributed by atoms with van der Waals surface area (Å²) in [5.41, 5.74) is 3.84. The van der Waals surface area contributed by atoms with Crippen molar-refractivity contribution in [3.63, 3.8) is 0 Å². The summed E-state index contributed by atoms with van der Waals surface area (Å²) in [5, 5.41) is 3.95. The highest BCUT2D eigenvalue weighted by Gasteiger charge is 2.14. The first-order valence-electron chi connectivity index (χ1n) is 8.31. The highest BCUT2D eigenvalue weighted by atomic mass is 79.9. The van der Waals surface area contributed by atoms with Crippen LogP contribution in [-0.2, 0) is 16.0 Å². The van der Waals surface area contributed by atoms with Crippen LogP contribution in [0.3, 0.4) is 0 Å². The van der Waals surface area contributed by atoms with Crippen LogP contribution in [0.5, 0.6) is 0 Å². The van der Waals surface area contributed by atoms with Crippen LogP contribution in [0.15, 0.2) is 47.1 Å². The molecule has 0 aliphatic rings. The largest absolute Gasteiger partial charge is 0.466 e. The number of esters is 1. The highest BCUT2D eigenvalue weighted by molar-refractivity contribution is 9.10. The number of carbonyl (C=O) groups excluding carboxylic acids is 2. The van der Waals surface area contributed by atoms with Crippen LogP contribution in [0.2, 0.25) is 0 Å². The van der Waals surface area contributed by atoms with E-state index in [2.05, 4.69) is 26.2 Å². The van der Waals surface area contributed by atoms with Crippen molar-refractivity contribution in [3.8, 4) is 0 Å². The molecule has 3 aromatic rings. The first kappa shape index (κ1) is 18.2. The predicted octanol–water partition coefficient (Wildman–Crippen LogP) is 4.60. The second-order valence-corrected chi connectivity index (χ2v) is 6.80. The van der Waals surface area contributed by atoms with E-state index in [4.69, 9.17) is 4.74 Å². The number of H-pyrrole nitrogens is 1. The van der Waals surface area contributed by atoms with Crippen molar-refractivity contribution >= 4 is 44.4 Å². The number of aromatic nitrogens is 1. The van der Waals surface area contributed by atoms with Gasteiger partial charge in [0.25, 0.3) is 5.91 Å². The molecule has 0 aliphatic heterocycles. The molecular formula is C20H19BrN2O3. The monoisotopic (exact) mass is 414 g/mol. The lowest BCUT2D eigenvalue weighted by Crippen LogP contribution is -2.15. The average molecular weight is 415 g/mol.